The molecule has 0 saturated carbocycles. The molecule has 1 heterocycles. The van der Waals surface area contributed by atoms with Gasteiger partial charge in [-0.25, -0.2) is 0 Å². The van der Waals surface area contributed by atoms with Crippen molar-refractivity contribution in [3.8, 4) is 5.75 Å². The lowest BCUT2D eigenvalue weighted by molar-refractivity contribution is 0.146. The highest BCUT2D eigenvalue weighted by molar-refractivity contribution is 5.43. The van der Waals surface area contributed by atoms with Crippen LogP contribution in [0.1, 0.15) is 49.3 Å². The van der Waals surface area contributed by atoms with Crippen LogP contribution in [0.15, 0.2) is 18.2 Å². The number of aromatic hydroxyl groups is 1. The fraction of sp³-hybridized carbons (Fsp3) is 0.600. The van der Waals surface area contributed by atoms with Crippen LogP contribution in [-0.4, -0.2) is 23.1 Å². The number of rotatable bonds is 1. The van der Waals surface area contributed by atoms with E-state index in [1.165, 1.54) is 56.3 Å². The SMILES string of the molecule is Oc1cccc2c1C(N1CCCCC1)CCC2. The van der Waals surface area contributed by atoms with Gasteiger partial charge in [-0.15, -0.1) is 0 Å². The first-order valence-electron chi connectivity index (χ1n) is 6.91. The minimum absolute atomic E-state index is 0.472. The number of phenols is 1. The Bertz CT molecular complexity index is 396. The van der Waals surface area contributed by atoms with Crippen molar-refractivity contribution in [2.45, 2.75) is 44.6 Å². The highest BCUT2D eigenvalue weighted by Gasteiger charge is 2.28. The Morgan fingerprint density at radius 2 is 1.88 bits per heavy atom. The summed E-state index contributed by atoms with van der Waals surface area (Å²) in [6, 6.07) is 6.49. The third-order valence-electron chi connectivity index (χ3n) is 4.26. The number of hydrogen-bond donors (Lipinski definition) is 1. The maximum atomic E-state index is 10.1. The van der Waals surface area contributed by atoms with Gasteiger partial charge in [0.2, 0.25) is 0 Å². The summed E-state index contributed by atoms with van der Waals surface area (Å²) < 4.78 is 0. The van der Waals surface area contributed by atoms with Crippen LogP contribution in [-0.2, 0) is 6.42 Å². The average molecular weight is 231 g/mol. The van der Waals surface area contributed by atoms with Crippen LogP contribution in [0.4, 0.5) is 0 Å². The molecule has 2 nitrogen and oxygen atoms in total. The fourth-order valence-corrected chi connectivity index (χ4v) is 3.43. The molecular weight excluding hydrogens is 210 g/mol. The Hall–Kier alpha value is -1.02. The summed E-state index contributed by atoms with van der Waals surface area (Å²) in [6.07, 6.45) is 7.62. The van der Waals surface area contributed by atoms with Crippen LogP contribution < -0.4 is 0 Å². The Labute approximate surface area is 103 Å². The summed E-state index contributed by atoms with van der Waals surface area (Å²) in [5.41, 5.74) is 2.59. The smallest absolute Gasteiger partial charge is 0.120 e. The second-order valence-corrected chi connectivity index (χ2v) is 5.35. The molecule has 0 amide bonds. The molecule has 1 saturated heterocycles. The summed E-state index contributed by atoms with van der Waals surface area (Å²) in [5, 5.41) is 10.1. The van der Waals surface area contributed by atoms with E-state index in [2.05, 4.69) is 11.0 Å². The fourth-order valence-electron chi connectivity index (χ4n) is 3.43. The Morgan fingerprint density at radius 3 is 2.71 bits per heavy atom. The van der Waals surface area contributed by atoms with Gasteiger partial charge in [0.05, 0.1) is 0 Å². The molecule has 92 valence electrons. The zero-order chi connectivity index (χ0) is 11.7. The summed E-state index contributed by atoms with van der Waals surface area (Å²) in [6.45, 7) is 2.41. The van der Waals surface area contributed by atoms with Crippen molar-refractivity contribution in [2.75, 3.05) is 13.1 Å². The third kappa shape index (κ3) is 2.06. The summed E-state index contributed by atoms with van der Waals surface area (Å²) in [7, 11) is 0. The zero-order valence-electron chi connectivity index (χ0n) is 10.4. The van der Waals surface area contributed by atoms with E-state index < -0.39 is 0 Å². The van der Waals surface area contributed by atoms with Crippen molar-refractivity contribution in [1.29, 1.82) is 0 Å². The summed E-state index contributed by atoms with van der Waals surface area (Å²) in [5.74, 6) is 0.512. The van der Waals surface area contributed by atoms with E-state index >= 15 is 0 Å². The van der Waals surface area contributed by atoms with Gasteiger partial charge < -0.3 is 5.11 Å². The first-order valence-corrected chi connectivity index (χ1v) is 6.91. The van der Waals surface area contributed by atoms with Crippen LogP contribution in [0.2, 0.25) is 0 Å². The van der Waals surface area contributed by atoms with E-state index in [0.29, 0.717) is 11.8 Å². The van der Waals surface area contributed by atoms with Crippen LogP contribution >= 0.6 is 0 Å². The molecule has 2 heteroatoms. The number of likely N-dealkylation sites (tertiary alicyclic amines) is 1. The zero-order valence-corrected chi connectivity index (χ0v) is 10.4. The van der Waals surface area contributed by atoms with Crippen molar-refractivity contribution >= 4 is 0 Å². The first kappa shape index (κ1) is 11.1. The van der Waals surface area contributed by atoms with E-state index in [4.69, 9.17) is 0 Å². The van der Waals surface area contributed by atoms with Crippen molar-refractivity contribution in [1.82, 2.24) is 4.90 Å². The third-order valence-corrected chi connectivity index (χ3v) is 4.26. The van der Waals surface area contributed by atoms with E-state index in [1.807, 2.05) is 12.1 Å². The molecule has 0 aromatic heterocycles. The van der Waals surface area contributed by atoms with Crippen LogP contribution in [0.5, 0.6) is 5.75 Å². The van der Waals surface area contributed by atoms with Crippen molar-refractivity contribution in [3.05, 3.63) is 29.3 Å². The topological polar surface area (TPSA) is 23.5 Å². The highest BCUT2D eigenvalue weighted by Crippen LogP contribution is 2.40. The molecule has 3 rings (SSSR count). The summed E-state index contributed by atoms with van der Waals surface area (Å²) in [4.78, 5) is 2.58. The Balaban J connectivity index is 1.92. The average Bonchev–Trinajstić information content (AvgIpc) is 2.39. The van der Waals surface area contributed by atoms with Gasteiger partial charge in [-0.2, -0.15) is 0 Å². The second-order valence-electron chi connectivity index (χ2n) is 5.35. The summed E-state index contributed by atoms with van der Waals surface area (Å²) >= 11 is 0. The number of nitrogens with zero attached hydrogens (tertiary/aromatic N) is 1. The normalized spacial score (nSPS) is 25.5. The van der Waals surface area contributed by atoms with Gasteiger partial charge in [-0.05, 0) is 56.8 Å². The molecule has 1 fully saturated rings. The van der Waals surface area contributed by atoms with Gasteiger partial charge >= 0.3 is 0 Å². The second kappa shape index (κ2) is 4.69. The maximum absolute atomic E-state index is 10.1. The van der Waals surface area contributed by atoms with E-state index in [0.717, 1.165) is 6.42 Å². The number of phenolic OH excluding ortho intramolecular Hbond substituents is 1. The molecule has 1 aromatic rings. The number of benzene rings is 1. The molecule has 1 unspecified atom stereocenters. The van der Waals surface area contributed by atoms with E-state index in [-0.39, 0.29) is 0 Å². The van der Waals surface area contributed by atoms with Crippen LogP contribution in [0, 0.1) is 0 Å². The van der Waals surface area contributed by atoms with E-state index in [1.54, 1.807) is 0 Å². The monoisotopic (exact) mass is 231 g/mol. The molecule has 0 bridgehead atoms. The minimum atomic E-state index is 0.472. The predicted octanol–water partition coefficient (Wildman–Crippen LogP) is 3.26. The molecule has 1 aliphatic carbocycles. The van der Waals surface area contributed by atoms with Gasteiger partial charge in [0, 0.05) is 11.6 Å². The molecule has 0 spiro atoms. The first-order chi connectivity index (χ1) is 8.36. The lowest BCUT2D eigenvalue weighted by atomic mass is 9.85. The standard InChI is InChI=1S/C15H21NO/c17-14-9-5-7-12-6-4-8-13(15(12)14)16-10-2-1-3-11-16/h5,7,9,13,17H,1-4,6,8,10-11H2. The number of aryl methyl sites for hydroxylation is 1. The van der Waals surface area contributed by atoms with Gasteiger partial charge in [0.25, 0.3) is 0 Å². The highest BCUT2D eigenvalue weighted by atomic mass is 16.3. The minimum Gasteiger partial charge on any atom is -0.508 e. The number of fused-ring (bicyclic) bond motifs is 1. The van der Waals surface area contributed by atoms with Gasteiger partial charge in [-0.3, -0.25) is 4.90 Å². The quantitative estimate of drug-likeness (QED) is 0.802. The number of piperidine rings is 1. The maximum Gasteiger partial charge on any atom is 0.120 e. The molecule has 2 aliphatic rings. The molecule has 1 N–H and O–H groups in total. The van der Waals surface area contributed by atoms with Crippen LogP contribution in [0.25, 0.3) is 0 Å². The molecule has 0 radical (unpaired) electrons. The van der Waals surface area contributed by atoms with Crippen molar-refractivity contribution in [2.24, 2.45) is 0 Å². The van der Waals surface area contributed by atoms with Crippen molar-refractivity contribution < 1.29 is 5.11 Å². The Morgan fingerprint density at radius 1 is 1.06 bits per heavy atom. The van der Waals surface area contributed by atoms with E-state index in [9.17, 15) is 5.11 Å². The molecule has 1 aliphatic heterocycles. The predicted molar refractivity (Wildman–Crippen MR) is 69.2 cm³/mol. The Kier molecular flexibility index (Phi) is 3.06. The number of hydrogen-bond acceptors (Lipinski definition) is 2. The molecule has 1 atom stereocenters. The largest absolute Gasteiger partial charge is 0.508 e. The van der Waals surface area contributed by atoms with Gasteiger partial charge in [0.1, 0.15) is 5.75 Å². The van der Waals surface area contributed by atoms with Gasteiger partial charge in [0.15, 0.2) is 0 Å². The lowest BCUT2D eigenvalue weighted by Crippen LogP contribution is -2.35. The molecule has 17 heavy (non-hydrogen) atoms. The van der Waals surface area contributed by atoms with Crippen molar-refractivity contribution in [3.63, 3.8) is 0 Å². The lowest BCUT2D eigenvalue weighted by Gasteiger charge is -2.38. The van der Waals surface area contributed by atoms with Gasteiger partial charge in [-0.1, -0.05) is 18.6 Å². The molecule has 1 aromatic carbocycles. The van der Waals surface area contributed by atoms with Crippen LogP contribution in [0.3, 0.4) is 0 Å². The molecular formula is C15H21NO.